The maximum Gasteiger partial charge on any atom is 0.242 e. The van der Waals surface area contributed by atoms with Crippen LogP contribution >= 0.6 is 11.6 Å². The molecule has 2 aliphatic heterocycles. The number of nitrogens with one attached hydrogen (secondary N) is 1. The Kier molecular flexibility index (Phi) is 4.74. The Bertz CT molecular complexity index is 552. The van der Waals surface area contributed by atoms with E-state index in [1.165, 1.54) is 0 Å². The van der Waals surface area contributed by atoms with E-state index in [1.807, 2.05) is 30.1 Å². The molecule has 2 aliphatic rings. The number of carbonyl (C=O) groups excluding carboxylic acids is 1. The molecule has 1 aromatic carbocycles. The molecule has 0 aliphatic carbocycles. The lowest BCUT2D eigenvalue weighted by Crippen LogP contribution is -2.42. The Morgan fingerprint density at radius 3 is 3.14 bits per heavy atom. The summed E-state index contributed by atoms with van der Waals surface area (Å²) in [5.74, 6) is 1.56. The van der Waals surface area contributed by atoms with Gasteiger partial charge in [-0.05, 0) is 44.1 Å². The van der Waals surface area contributed by atoms with Gasteiger partial charge in [-0.15, -0.1) is 0 Å². The average Bonchev–Trinajstić information content (AvgIpc) is 2.97. The van der Waals surface area contributed by atoms with E-state index in [1.54, 1.807) is 0 Å². The van der Waals surface area contributed by atoms with Crippen molar-refractivity contribution in [2.75, 3.05) is 51.3 Å². The molecule has 1 atom stereocenters. The molecule has 0 bridgehead atoms. The number of carbonyl (C=O) groups is 1. The number of benzene rings is 1. The van der Waals surface area contributed by atoms with Crippen LogP contribution in [0.25, 0.3) is 0 Å². The SMILES string of the molecule is CNC[C@H]1CCN(C(=O)CN2CCOc3ccc(Cl)cc32)C1. The van der Waals surface area contributed by atoms with E-state index in [0.717, 1.165) is 37.5 Å². The number of ether oxygens (including phenoxy) is 1. The van der Waals surface area contributed by atoms with Crippen LogP contribution in [0.3, 0.4) is 0 Å². The highest BCUT2D eigenvalue weighted by Gasteiger charge is 2.28. The van der Waals surface area contributed by atoms with Crippen molar-refractivity contribution in [3.8, 4) is 5.75 Å². The molecular formula is C16H22ClN3O2. The van der Waals surface area contributed by atoms with Crippen LogP contribution in [-0.4, -0.2) is 57.2 Å². The number of likely N-dealkylation sites (tertiary alicyclic amines) is 1. The van der Waals surface area contributed by atoms with Crippen LogP contribution in [0.2, 0.25) is 5.02 Å². The summed E-state index contributed by atoms with van der Waals surface area (Å²) < 4.78 is 5.63. The number of fused-ring (bicyclic) bond motifs is 1. The molecule has 0 spiro atoms. The molecule has 1 fully saturated rings. The molecule has 3 rings (SSSR count). The van der Waals surface area contributed by atoms with Gasteiger partial charge in [-0.2, -0.15) is 0 Å². The second-order valence-corrected chi connectivity index (χ2v) is 6.37. The Morgan fingerprint density at radius 2 is 2.32 bits per heavy atom. The van der Waals surface area contributed by atoms with Gasteiger partial charge < -0.3 is 19.9 Å². The van der Waals surface area contributed by atoms with Crippen molar-refractivity contribution in [3.63, 3.8) is 0 Å². The molecule has 0 aromatic heterocycles. The van der Waals surface area contributed by atoms with Gasteiger partial charge in [0.1, 0.15) is 12.4 Å². The van der Waals surface area contributed by atoms with Gasteiger partial charge in [0.05, 0.1) is 18.8 Å². The van der Waals surface area contributed by atoms with Gasteiger partial charge in [0.25, 0.3) is 0 Å². The summed E-state index contributed by atoms with van der Waals surface area (Å²) in [5, 5.41) is 3.85. The molecule has 5 nitrogen and oxygen atoms in total. The Morgan fingerprint density at radius 1 is 1.45 bits per heavy atom. The predicted octanol–water partition coefficient (Wildman–Crippen LogP) is 1.61. The van der Waals surface area contributed by atoms with Gasteiger partial charge in [-0.3, -0.25) is 4.79 Å². The highest BCUT2D eigenvalue weighted by atomic mass is 35.5. The molecule has 22 heavy (non-hydrogen) atoms. The summed E-state index contributed by atoms with van der Waals surface area (Å²) in [6, 6.07) is 5.55. The fourth-order valence-corrected chi connectivity index (χ4v) is 3.35. The third kappa shape index (κ3) is 3.31. The number of anilines is 1. The predicted molar refractivity (Wildman–Crippen MR) is 87.8 cm³/mol. The molecule has 1 amide bonds. The minimum Gasteiger partial charge on any atom is -0.490 e. The van der Waals surface area contributed by atoms with E-state index in [9.17, 15) is 4.79 Å². The summed E-state index contributed by atoms with van der Waals surface area (Å²) in [7, 11) is 1.96. The maximum atomic E-state index is 12.5. The summed E-state index contributed by atoms with van der Waals surface area (Å²) in [6.45, 7) is 4.39. The summed E-state index contributed by atoms with van der Waals surface area (Å²) in [4.78, 5) is 16.6. The minimum atomic E-state index is 0.187. The maximum absolute atomic E-state index is 12.5. The Balaban J connectivity index is 1.65. The molecule has 1 aromatic rings. The van der Waals surface area contributed by atoms with E-state index in [0.29, 0.717) is 30.6 Å². The van der Waals surface area contributed by atoms with Crippen molar-refractivity contribution >= 4 is 23.2 Å². The zero-order valence-corrected chi connectivity index (χ0v) is 13.6. The van der Waals surface area contributed by atoms with E-state index < -0.39 is 0 Å². The monoisotopic (exact) mass is 323 g/mol. The van der Waals surface area contributed by atoms with Crippen molar-refractivity contribution in [1.29, 1.82) is 0 Å². The number of hydrogen-bond donors (Lipinski definition) is 1. The first-order chi connectivity index (χ1) is 10.7. The molecule has 0 unspecified atom stereocenters. The number of hydrogen-bond acceptors (Lipinski definition) is 4. The first kappa shape index (κ1) is 15.4. The molecule has 1 saturated heterocycles. The number of nitrogens with zero attached hydrogens (tertiary/aromatic N) is 2. The topological polar surface area (TPSA) is 44.8 Å². The second-order valence-electron chi connectivity index (χ2n) is 5.93. The number of amides is 1. The van der Waals surface area contributed by atoms with Crippen LogP contribution in [0.5, 0.6) is 5.75 Å². The van der Waals surface area contributed by atoms with Crippen LogP contribution in [0.15, 0.2) is 18.2 Å². The van der Waals surface area contributed by atoms with Gasteiger partial charge in [0.2, 0.25) is 5.91 Å². The molecule has 1 N–H and O–H groups in total. The van der Waals surface area contributed by atoms with Crippen molar-refractivity contribution < 1.29 is 9.53 Å². The Labute approximate surface area is 136 Å². The molecule has 120 valence electrons. The average molecular weight is 324 g/mol. The standard InChI is InChI=1S/C16H22ClN3O2/c1-18-9-12-4-5-20(10-12)16(21)11-19-6-7-22-15-3-2-13(17)8-14(15)19/h2-3,8,12,18H,4-7,9-11H2,1H3/t12-/m1/s1. The van der Waals surface area contributed by atoms with Gasteiger partial charge in [-0.25, -0.2) is 0 Å². The first-order valence-corrected chi connectivity index (χ1v) is 8.15. The van der Waals surface area contributed by atoms with E-state index in [4.69, 9.17) is 16.3 Å². The lowest BCUT2D eigenvalue weighted by molar-refractivity contribution is -0.128. The van der Waals surface area contributed by atoms with Crippen molar-refractivity contribution in [2.45, 2.75) is 6.42 Å². The zero-order valence-electron chi connectivity index (χ0n) is 12.8. The van der Waals surface area contributed by atoms with Gasteiger partial charge in [0.15, 0.2) is 0 Å². The molecule has 0 radical (unpaired) electrons. The van der Waals surface area contributed by atoms with Crippen LogP contribution in [0.4, 0.5) is 5.69 Å². The third-order valence-corrected chi connectivity index (χ3v) is 4.57. The van der Waals surface area contributed by atoms with Crippen LogP contribution < -0.4 is 15.0 Å². The van der Waals surface area contributed by atoms with Crippen LogP contribution in [0, 0.1) is 5.92 Å². The zero-order chi connectivity index (χ0) is 15.5. The summed E-state index contributed by atoms with van der Waals surface area (Å²) >= 11 is 6.07. The van der Waals surface area contributed by atoms with Crippen LogP contribution in [0.1, 0.15) is 6.42 Å². The first-order valence-electron chi connectivity index (χ1n) is 7.77. The normalized spacial score (nSPS) is 20.7. The Hall–Kier alpha value is -1.46. The lowest BCUT2D eigenvalue weighted by atomic mass is 10.1. The van der Waals surface area contributed by atoms with Crippen molar-refractivity contribution in [1.82, 2.24) is 10.2 Å². The second kappa shape index (κ2) is 6.75. The fraction of sp³-hybridized carbons (Fsp3) is 0.562. The smallest absolute Gasteiger partial charge is 0.242 e. The molecular weight excluding hydrogens is 302 g/mol. The van der Waals surface area contributed by atoms with Gasteiger partial charge >= 0.3 is 0 Å². The third-order valence-electron chi connectivity index (χ3n) is 4.34. The molecule has 6 heteroatoms. The minimum absolute atomic E-state index is 0.187. The fourth-order valence-electron chi connectivity index (χ4n) is 3.19. The lowest BCUT2D eigenvalue weighted by Gasteiger charge is -2.32. The van der Waals surface area contributed by atoms with E-state index in [-0.39, 0.29) is 5.91 Å². The van der Waals surface area contributed by atoms with Gasteiger partial charge in [0, 0.05) is 18.1 Å². The highest BCUT2D eigenvalue weighted by molar-refractivity contribution is 6.31. The summed E-state index contributed by atoms with van der Waals surface area (Å²) in [5.41, 5.74) is 0.915. The largest absolute Gasteiger partial charge is 0.490 e. The van der Waals surface area contributed by atoms with E-state index >= 15 is 0 Å². The number of halogens is 1. The van der Waals surface area contributed by atoms with E-state index in [2.05, 4.69) is 10.2 Å². The number of rotatable bonds is 4. The van der Waals surface area contributed by atoms with Gasteiger partial charge in [-0.1, -0.05) is 11.6 Å². The summed E-state index contributed by atoms with van der Waals surface area (Å²) in [6.07, 6.45) is 1.08. The highest BCUT2D eigenvalue weighted by Crippen LogP contribution is 2.34. The van der Waals surface area contributed by atoms with Crippen LogP contribution in [-0.2, 0) is 4.79 Å². The quantitative estimate of drug-likeness (QED) is 0.914. The van der Waals surface area contributed by atoms with Crippen molar-refractivity contribution in [2.24, 2.45) is 5.92 Å². The molecule has 0 saturated carbocycles. The molecule has 2 heterocycles. The van der Waals surface area contributed by atoms with Crippen molar-refractivity contribution in [3.05, 3.63) is 23.2 Å².